The van der Waals surface area contributed by atoms with E-state index in [-0.39, 0.29) is 5.91 Å². The Kier molecular flexibility index (Phi) is 4.72. The highest BCUT2D eigenvalue weighted by molar-refractivity contribution is 7.18. The number of nitrogens with zero attached hydrogens (tertiary/aromatic N) is 4. The topological polar surface area (TPSA) is 49.3 Å². The number of fused-ring (bicyclic) bond motifs is 1. The van der Waals surface area contributed by atoms with E-state index < -0.39 is 0 Å². The average Bonchev–Trinajstić information content (AvgIpc) is 3.43. The summed E-state index contributed by atoms with van der Waals surface area (Å²) in [5.41, 5.74) is 1.81. The molecule has 2 aromatic heterocycles. The SMILES string of the molecule is O=C(c1cccnc1N1CCCC1)N1CCCC(c2nc3ccccc3s2)C1. The van der Waals surface area contributed by atoms with Gasteiger partial charge in [-0.2, -0.15) is 0 Å². The number of anilines is 1. The second-order valence-corrected chi connectivity index (χ2v) is 8.74. The van der Waals surface area contributed by atoms with Gasteiger partial charge in [0.25, 0.3) is 5.91 Å². The number of para-hydroxylation sites is 1. The first-order valence-electron chi connectivity index (χ1n) is 10.1. The van der Waals surface area contributed by atoms with Crippen LogP contribution in [0.2, 0.25) is 0 Å². The van der Waals surface area contributed by atoms with Crippen LogP contribution >= 0.6 is 11.3 Å². The molecule has 28 heavy (non-hydrogen) atoms. The van der Waals surface area contributed by atoms with Crippen LogP contribution in [-0.4, -0.2) is 47.0 Å². The fourth-order valence-corrected chi connectivity index (χ4v) is 5.44. The Hall–Kier alpha value is -2.47. The predicted molar refractivity (Wildman–Crippen MR) is 113 cm³/mol. The molecule has 0 bridgehead atoms. The number of likely N-dealkylation sites (tertiary alicyclic amines) is 1. The van der Waals surface area contributed by atoms with Crippen molar-refractivity contribution in [1.82, 2.24) is 14.9 Å². The average molecular weight is 393 g/mol. The monoisotopic (exact) mass is 392 g/mol. The van der Waals surface area contributed by atoms with E-state index in [1.807, 2.05) is 23.1 Å². The zero-order valence-corrected chi connectivity index (χ0v) is 16.7. The molecule has 0 spiro atoms. The summed E-state index contributed by atoms with van der Waals surface area (Å²) < 4.78 is 1.23. The molecular weight excluding hydrogens is 368 g/mol. The van der Waals surface area contributed by atoms with Crippen LogP contribution in [0.1, 0.15) is 47.0 Å². The Labute approximate surface area is 169 Å². The largest absolute Gasteiger partial charge is 0.356 e. The summed E-state index contributed by atoms with van der Waals surface area (Å²) >= 11 is 1.77. The Balaban J connectivity index is 1.38. The summed E-state index contributed by atoms with van der Waals surface area (Å²) in [7, 11) is 0. The fraction of sp³-hybridized carbons (Fsp3) is 0.409. The first-order chi connectivity index (χ1) is 13.8. The summed E-state index contributed by atoms with van der Waals surface area (Å²) in [4.78, 5) is 27.0. The molecule has 2 fully saturated rings. The quantitative estimate of drug-likeness (QED) is 0.666. The van der Waals surface area contributed by atoms with Crippen molar-refractivity contribution in [1.29, 1.82) is 0 Å². The number of aromatic nitrogens is 2. The van der Waals surface area contributed by atoms with E-state index in [0.717, 1.165) is 60.9 Å². The number of pyridine rings is 1. The van der Waals surface area contributed by atoms with Gasteiger partial charge in [-0.25, -0.2) is 9.97 Å². The van der Waals surface area contributed by atoms with Crippen LogP contribution in [0.25, 0.3) is 10.2 Å². The summed E-state index contributed by atoms with van der Waals surface area (Å²) in [6, 6.07) is 12.1. The number of benzene rings is 1. The summed E-state index contributed by atoms with van der Waals surface area (Å²) in [6.07, 6.45) is 6.26. The lowest BCUT2D eigenvalue weighted by Gasteiger charge is -2.32. The van der Waals surface area contributed by atoms with E-state index in [1.165, 1.54) is 17.5 Å². The van der Waals surface area contributed by atoms with Gasteiger partial charge in [-0.1, -0.05) is 12.1 Å². The molecule has 5 rings (SSSR count). The Bertz CT molecular complexity index is 962. The van der Waals surface area contributed by atoms with Crippen LogP contribution in [0.4, 0.5) is 5.82 Å². The maximum absolute atomic E-state index is 13.4. The van der Waals surface area contributed by atoms with Gasteiger partial charge < -0.3 is 9.80 Å². The lowest BCUT2D eigenvalue weighted by Crippen LogP contribution is -2.40. The number of rotatable bonds is 3. The van der Waals surface area contributed by atoms with E-state index in [1.54, 1.807) is 17.5 Å². The summed E-state index contributed by atoms with van der Waals surface area (Å²) in [5, 5.41) is 1.16. The summed E-state index contributed by atoms with van der Waals surface area (Å²) in [5.74, 6) is 1.29. The maximum Gasteiger partial charge on any atom is 0.257 e. The van der Waals surface area contributed by atoms with Crippen molar-refractivity contribution in [2.24, 2.45) is 0 Å². The third kappa shape index (κ3) is 3.26. The van der Waals surface area contributed by atoms with Crippen LogP contribution in [0, 0.1) is 0 Å². The fourth-order valence-electron chi connectivity index (χ4n) is 4.34. The highest BCUT2D eigenvalue weighted by atomic mass is 32.1. The van der Waals surface area contributed by atoms with Crippen molar-refractivity contribution in [2.75, 3.05) is 31.1 Å². The lowest BCUT2D eigenvalue weighted by atomic mass is 9.98. The van der Waals surface area contributed by atoms with Gasteiger partial charge in [-0.3, -0.25) is 4.79 Å². The van der Waals surface area contributed by atoms with Crippen molar-refractivity contribution in [3.8, 4) is 0 Å². The lowest BCUT2D eigenvalue weighted by molar-refractivity contribution is 0.0707. The predicted octanol–water partition coefficient (Wildman–Crippen LogP) is 4.31. The molecule has 5 nitrogen and oxygen atoms in total. The molecule has 4 heterocycles. The summed E-state index contributed by atoms with van der Waals surface area (Å²) in [6.45, 7) is 3.54. The minimum absolute atomic E-state index is 0.112. The van der Waals surface area contributed by atoms with E-state index in [4.69, 9.17) is 4.98 Å². The Morgan fingerprint density at radius 3 is 2.75 bits per heavy atom. The third-order valence-corrected chi connectivity index (χ3v) is 6.99. The van der Waals surface area contributed by atoms with Gasteiger partial charge in [-0.05, 0) is 49.9 Å². The second-order valence-electron chi connectivity index (χ2n) is 7.68. The molecular formula is C22H24N4OS. The normalized spacial score (nSPS) is 20.1. The van der Waals surface area contributed by atoms with Crippen molar-refractivity contribution in [3.05, 3.63) is 53.2 Å². The molecule has 1 amide bonds. The van der Waals surface area contributed by atoms with Crippen molar-refractivity contribution in [3.63, 3.8) is 0 Å². The zero-order chi connectivity index (χ0) is 18.9. The van der Waals surface area contributed by atoms with Crippen LogP contribution in [-0.2, 0) is 0 Å². The van der Waals surface area contributed by atoms with E-state index in [9.17, 15) is 4.79 Å². The van der Waals surface area contributed by atoms with Crippen molar-refractivity contribution >= 4 is 33.3 Å². The number of carbonyl (C=O) groups excluding carboxylic acids is 1. The number of thiazole rings is 1. The van der Waals surface area contributed by atoms with Crippen molar-refractivity contribution < 1.29 is 4.79 Å². The first kappa shape index (κ1) is 17.6. The van der Waals surface area contributed by atoms with Gasteiger partial charge in [0.15, 0.2) is 0 Å². The molecule has 1 aromatic carbocycles. The molecule has 6 heteroatoms. The first-order valence-corrected chi connectivity index (χ1v) is 11.0. The number of hydrogen-bond acceptors (Lipinski definition) is 5. The molecule has 0 radical (unpaired) electrons. The third-order valence-electron chi connectivity index (χ3n) is 5.79. The minimum atomic E-state index is 0.112. The van der Waals surface area contributed by atoms with Gasteiger partial charge in [0.1, 0.15) is 5.82 Å². The van der Waals surface area contributed by atoms with Crippen LogP contribution in [0.5, 0.6) is 0 Å². The van der Waals surface area contributed by atoms with Crippen LogP contribution < -0.4 is 4.90 Å². The van der Waals surface area contributed by atoms with Gasteiger partial charge in [0, 0.05) is 38.3 Å². The molecule has 2 aliphatic rings. The molecule has 0 saturated carbocycles. The smallest absolute Gasteiger partial charge is 0.257 e. The van der Waals surface area contributed by atoms with E-state index in [2.05, 4.69) is 28.1 Å². The van der Waals surface area contributed by atoms with Gasteiger partial charge in [0.05, 0.1) is 20.8 Å². The standard InChI is InChI=1S/C22H24N4OS/c27-22(17-8-5-11-23-20(17)25-12-3-4-13-25)26-14-6-7-16(15-26)21-24-18-9-1-2-10-19(18)28-21/h1-2,5,8-11,16H,3-4,6-7,12-15H2. The highest BCUT2D eigenvalue weighted by Crippen LogP contribution is 2.34. The maximum atomic E-state index is 13.4. The van der Waals surface area contributed by atoms with Crippen LogP contribution in [0.15, 0.2) is 42.6 Å². The zero-order valence-electron chi connectivity index (χ0n) is 15.9. The minimum Gasteiger partial charge on any atom is -0.356 e. The number of carbonyl (C=O) groups is 1. The number of hydrogen-bond donors (Lipinski definition) is 0. The number of piperidine rings is 1. The van der Waals surface area contributed by atoms with Crippen LogP contribution in [0.3, 0.4) is 0 Å². The van der Waals surface area contributed by atoms with Gasteiger partial charge in [0.2, 0.25) is 0 Å². The molecule has 2 aliphatic heterocycles. The molecule has 3 aromatic rings. The molecule has 0 N–H and O–H groups in total. The molecule has 144 valence electrons. The number of amides is 1. The van der Waals surface area contributed by atoms with E-state index >= 15 is 0 Å². The molecule has 1 unspecified atom stereocenters. The van der Waals surface area contributed by atoms with Gasteiger partial charge >= 0.3 is 0 Å². The molecule has 2 saturated heterocycles. The molecule has 1 atom stereocenters. The van der Waals surface area contributed by atoms with E-state index in [0.29, 0.717) is 5.92 Å². The Morgan fingerprint density at radius 1 is 1.04 bits per heavy atom. The Morgan fingerprint density at radius 2 is 1.89 bits per heavy atom. The second kappa shape index (κ2) is 7.51. The highest BCUT2D eigenvalue weighted by Gasteiger charge is 2.30. The van der Waals surface area contributed by atoms with Crippen molar-refractivity contribution in [2.45, 2.75) is 31.6 Å². The molecule has 0 aliphatic carbocycles. The van der Waals surface area contributed by atoms with Gasteiger partial charge in [-0.15, -0.1) is 11.3 Å².